The van der Waals surface area contributed by atoms with Crippen LogP contribution in [0.2, 0.25) is 0 Å². The van der Waals surface area contributed by atoms with E-state index in [4.69, 9.17) is 0 Å². The Balaban J connectivity index is 1.41. The van der Waals surface area contributed by atoms with Crippen molar-refractivity contribution < 1.29 is 35.9 Å². The van der Waals surface area contributed by atoms with E-state index >= 15 is 0 Å². The van der Waals surface area contributed by atoms with Crippen molar-refractivity contribution in [3.05, 3.63) is 76.1 Å². The molecule has 0 aliphatic heterocycles. The van der Waals surface area contributed by atoms with Gasteiger partial charge >= 0.3 is 12.1 Å². The number of Topliss-reactive ketones (excluding diaryl/α,β-unsaturated/α-hetero) is 1. The van der Waals surface area contributed by atoms with Gasteiger partial charge in [0.25, 0.3) is 0 Å². The minimum absolute atomic E-state index is 0.106. The molecular weight excluding hydrogens is 567 g/mol. The van der Waals surface area contributed by atoms with Gasteiger partial charge in [-0.15, -0.1) is 18.3 Å². The molecule has 2 heterocycles. The maximum absolute atomic E-state index is 12.4. The van der Waals surface area contributed by atoms with Crippen molar-refractivity contribution in [2.75, 3.05) is 17.3 Å². The maximum Gasteiger partial charge on any atom is 0.573 e. The highest BCUT2D eigenvalue weighted by atomic mass is 32.2. The maximum atomic E-state index is 12.4. The van der Waals surface area contributed by atoms with Crippen molar-refractivity contribution in [1.29, 1.82) is 0 Å². The molecule has 0 bridgehead atoms. The van der Waals surface area contributed by atoms with Crippen LogP contribution in [-0.2, 0) is 45.2 Å². The first-order chi connectivity index (χ1) is 19.3. The van der Waals surface area contributed by atoms with Gasteiger partial charge in [0.15, 0.2) is 5.82 Å². The number of ketones is 1. The second-order valence-corrected chi connectivity index (χ2v) is 11.5. The highest BCUT2D eigenvalue weighted by Crippen LogP contribution is 2.23. The Kier molecular flexibility index (Phi) is 10.7. The number of nitrogens with one attached hydrogen (secondary N) is 1. The average Bonchev–Trinajstić information content (AvgIpc) is 2.86. The molecule has 11 nitrogen and oxygen atoms in total. The van der Waals surface area contributed by atoms with Gasteiger partial charge in [0.2, 0.25) is 5.91 Å². The molecule has 1 N–H and O–H groups in total. The van der Waals surface area contributed by atoms with E-state index in [2.05, 4.69) is 25.2 Å². The van der Waals surface area contributed by atoms with Crippen LogP contribution in [0.1, 0.15) is 36.2 Å². The fraction of sp³-hybridized carbons (Fsp3) is 0.385. The summed E-state index contributed by atoms with van der Waals surface area (Å²) in [6.07, 6.45) is -0.783. The van der Waals surface area contributed by atoms with Crippen LogP contribution >= 0.6 is 0 Å². The second-order valence-electron chi connectivity index (χ2n) is 9.28. The predicted molar refractivity (Wildman–Crippen MR) is 142 cm³/mol. The minimum Gasteiger partial charge on any atom is -0.406 e. The summed E-state index contributed by atoms with van der Waals surface area (Å²) >= 11 is 0. The molecule has 2 aromatic heterocycles. The van der Waals surface area contributed by atoms with Crippen molar-refractivity contribution in [1.82, 2.24) is 19.7 Å². The fourth-order valence-electron chi connectivity index (χ4n) is 3.70. The zero-order chi connectivity index (χ0) is 30.0. The molecular formula is C26H28F3N5O6S. The van der Waals surface area contributed by atoms with E-state index in [1.165, 1.54) is 16.7 Å². The molecule has 1 aromatic carbocycles. The first kappa shape index (κ1) is 31.4. The van der Waals surface area contributed by atoms with Crippen LogP contribution in [0.25, 0.3) is 0 Å². The summed E-state index contributed by atoms with van der Waals surface area (Å²) in [7, 11) is -3.25. The standard InChI is InChI=1S/C26H28F3N5O6S/c1-41(38,39)14-11-21(35)17-20-10-13-34(25(37)30-20)12-3-2-6-19-8-9-23(33-32-19)31-24(36)16-18-5-4-7-22(15-18)40-26(27,28)29/h4-5,7-10,13,15H,2-3,6,11-12,14,16-17H2,1H3,(H,31,33,36). The molecule has 0 aliphatic rings. The molecule has 0 spiro atoms. The molecule has 220 valence electrons. The summed E-state index contributed by atoms with van der Waals surface area (Å²) in [5.41, 5.74) is 0.776. The number of sulfone groups is 1. The van der Waals surface area contributed by atoms with Crippen molar-refractivity contribution in [2.45, 2.75) is 51.4 Å². The third-order valence-corrected chi connectivity index (χ3v) is 6.57. The average molecular weight is 596 g/mol. The van der Waals surface area contributed by atoms with E-state index in [-0.39, 0.29) is 42.3 Å². The van der Waals surface area contributed by atoms with Crippen LogP contribution in [0.4, 0.5) is 19.0 Å². The number of alkyl halides is 3. The number of anilines is 1. The summed E-state index contributed by atoms with van der Waals surface area (Å²) < 4.78 is 64.8. The summed E-state index contributed by atoms with van der Waals surface area (Å²) in [5, 5.41) is 10.6. The number of ether oxygens (including phenoxy) is 1. The Morgan fingerprint density at radius 1 is 1.02 bits per heavy atom. The molecule has 0 atom stereocenters. The SMILES string of the molecule is CS(=O)(=O)CCC(=O)Cc1ccn(CCCCc2ccc(NC(=O)Cc3cccc(OC(F)(F)F)c3)nn2)c(=O)n1. The van der Waals surface area contributed by atoms with Gasteiger partial charge in [0.05, 0.1) is 23.6 Å². The summed E-state index contributed by atoms with van der Waals surface area (Å²) in [6.45, 7) is 0.394. The number of carbonyl (C=O) groups is 2. The van der Waals surface area contributed by atoms with Crippen molar-refractivity contribution in [2.24, 2.45) is 0 Å². The molecule has 0 radical (unpaired) electrons. The number of nitrogens with zero attached hydrogens (tertiary/aromatic N) is 4. The van der Waals surface area contributed by atoms with Crippen LogP contribution in [0.3, 0.4) is 0 Å². The number of halogens is 3. The Bertz CT molecular complexity index is 1530. The van der Waals surface area contributed by atoms with E-state index in [9.17, 15) is 36.0 Å². The van der Waals surface area contributed by atoms with Crippen LogP contribution in [0.15, 0.2) is 53.5 Å². The number of benzene rings is 1. The normalized spacial score (nSPS) is 11.7. The third kappa shape index (κ3) is 11.9. The summed E-state index contributed by atoms with van der Waals surface area (Å²) in [6, 6.07) is 9.94. The Morgan fingerprint density at radius 2 is 1.80 bits per heavy atom. The molecule has 0 fully saturated rings. The topological polar surface area (TPSA) is 150 Å². The van der Waals surface area contributed by atoms with E-state index in [1.807, 2.05) is 0 Å². The molecule has 15 heteroatoms. The Hall–Kier alpha value is -4.14. The second kappa shape index (κ2) is 14.0. The van der Waals surface area contributed by atoms with Gasteiger partial charge < -0.3 is 10.1 Å². The number of amides is 1. The van der Waals surface area contributed by atoms with Gasteiger partial charge in [0, 0.05) is 31.8 Å². The number of aromatic nitrogens is 4. The van der Waals surface area contributed by atoms with Crippen molar-refractivity contribution in [3.8, 4) is 5.75 Å². The largest absolute Gasteiger partial charge is 0.573 e. The van der Waals surface area contributed by atoms with Gasteiger partial charge in [0.1, 0.15) is 21.4 Å². The smallest absolute Gasteiger partial charge is 0.406 e. The number of rotatable bonds is 14. The number of hydrogen-bond donors (Lipinski definition) is 1. The highest BCUT2D eigenvalue weighted by molar-refractivity contribution is 7.90. The third-order valence-electron chi connectivity index (χ3n) is 5.63. The predicted octanol–water partition coefficient (Wildman–Crippen LogP) is 2.68. The fourth-order valence-corrected chi connectivity index (χ4v) is 4.29. The van der Waals surface area contributed by atoms with Gasteiger partial charge in [-0.1, -0.05) is 12.1 Å². The lowest BCUT2D eigenvalue weighted by Crippen LogP contribution is -2.24. The van der Waals surface area contributed by atoms with E-state index in [0.717, 1.165) is 18.4 Å². The van der Waals surface area contributed by atoms with Crippen LogP contribution in [0, 0.1) is 0 Å². The highest BCUT2D eigenvalue weighted by Gasteiger charge is 2.31. The van der Waals surface area contributed by atoms with Gasteiger partial charge in [-0.25, -0.2) is 13.2 Å². The molecule has 3 aromatic rings. The Labute approximate surface area is 233 Å². The number of carbonyl (C=O) groups excluding carboxylic acids is 2. The molecule has 1 amide bonds. The quantitative estimate of drug-likeness (QED) is 0.278. The monoisotopic (exact) mass is 595 g/mol. The molecule has 3 rings (SSSR count). The summed E-state index contributed by atoms with van der Waals surface area (Å²) in [4.78, 5) is 40.3. The lowest BCUT2D eigenvalue weighted by atomic mass is 10.1. The number of unbranched alkanes of at least 4 members (excludes halogenated alkanes) is 1. The van der Waals surface area contributed by atoms with Crippen molar-refractivity contribution in [3.63, 3.8) is 0 Å². The molecule has 0 unspecified atom stereocenters. The van der Waals surface area contributed by atoms with Gasteiger partial charge in [-0.05, 0) is 55.2 Å². The molecule has 0 saturated carbocycles. The molecule has 41 heavy (non-hydrogen) atoms. The van der Waals surface area contributed by atoms with Crippen LogP contribution < -0.4 is 15.7 Å². The Morgan fingerprint density at radius 3 is 2.46 bits per heavy atom. The van der Waals surface area contributed by atoms with Gasteiger partial charge in [-0.3, -0.25) is 14.2 Å². The first-order valence-electron chi connectivity index (χ1n) is 12.5. The van der Waals surface area contributed by atoms with E-state index in [1.54, 1.807) is 24.4 Å². The summed E-state index contributed by atoms with van der Waals surface area (Å²) in [5.74, 6) is -1.27. The lowest BCUT2D eigenvalue weighted by Gasteiger charge is -2.10. The zero-order valence-corrected chi connectivity index (χ0v) is 22.9. The number of hydrogen-bond acceptors (Lipinski definition) is 9. The van der Waals surface area contributed by atoms with Crippen molar-refractivity contribution >= 4 is 27.3 Å². The molecule has 0 aliphatic carbocycles. The first-order valence-corrected chi connectivity index (χ1v) is 14.5. The van der Waals surface area contributed by atoms with Crippen LogP contribution in [0.5, 0.6) is 5.75 Å². The van der Waals surface area contributed by atoms with E-state index in [0.29, 0.717) is 37.1 Å². The lowest BCUT2D eigenvalue weighted by molar-refractivity contribution is -0.274. The van der Waals surface area contributed by atoms with E-state index < -0.39 is 33.5 Å². The number of aryl methyl sites for hydroxylation is 2. The minimum atomic E-state index is -4.83. The zero-order valence-electron chi connectivity index (χ0n) is 22.1. The molecule has 0 saturated heterocycles. The van der Waals surface area contributed by atoms with Gasteiger partial charge in [-0.2, -0.15) is 10.1 Å². The van der Waals surface area contributed by atoms with Crippen LogP contribution in [-0.4, -0.2) is 58.2 Å².